The molecule has 0 atom stereocenters. The lowest BCUT2D eigenvalue weighted by Gasteiger charge is -2.32. The van der Waals surface area contributed by atoms with Crippen LogP contribution in [0.5, 0.6) is 0 Å². The first-order valence-electron chi connectivity index (χ1n) is 4.60. The molecule has 0 unspecified atom stereocenters. The van der Waals surface area contributed by atoms with Gasteiger partial charge in [0, 0.05) is 0 Å². The summed E-state index contributed by atoms with van der Waals surface area (Å²) in [7, 11) is -1.51. The van der Waals surface area contributed by atoms with Crippen molar-refractivity contribution in [1.29, 1.82) is 0 Å². The minimum atomic E-state index is -1.51. The van der Waals surface area contributed by atoms with E-state index in [2.05, 4.69) is 39.8 Å². The zero-order chi connectivity index (χ0) is 9.78. The molecular weight excluding hydrogens is 160 g/mol. The highest BCUT2D eigenvalue weighted by Gasteiger charge is 2.36. The summed E-state index contributed by atoms with van der Waals surface area (Å²) in [6.07, 6.45) is 7.65. The van der Waals surface area contributed by atoms with Crippen molar-refractivity contribution in [3.05, 3.63) is 12.7 Å². The summed E-state index contributed by atoms with van der Waals surface area (Å²) in [4.78, 5) is 0. The van der Waals surface area contributed by atoms with Crippen LogP contribution in [-0.4, -0.2) is 8.07 Å². The summed E-state index contributed by atoms with van der Waals surface area (Å²) >= 11 is 0. The minimum Gasteiger partial charge on any atom is -0.134 e. The van der Waals surface area contributed by atoms with Crippen molar-refractivity contribution in [2.75, 3.05) is 0 Å². The fraction of sp³-hybridized carbons (Fsp3) is 0.636. The lowest BCUT2D eigenvalue weighted by molar-refractivity contribution is 0.909. The number of allylic oxidation sites excluding steroid dienone is 1. The van der Waals surface area contributed by atoms with Crippen LogP contribution in [0.1, 0.15) is 27.7 Å². The summed E-state index contributed by atoms with van der Waals surface area (Å²) in [6.45, 7) is 12.8. The third-order valence-electron chi connectivity index (χ3n) is 2.81. The average molecular weight is 180 g/mol. The molecule has 0 amide bonds. The van der Waals surface area contributed by atoms with Crippen LogP contribution < -0.4 is 0 Å². The van der Waals surface area contributed by atoms with Crippen molar-refractivity contribution in [1.82, 2.24) is 0 Å². The second-order valence-electron chi connectivity index (χ2n) is 3.99. The van der Waals surface area contributed by atoms with E-state index < -0.39 is 8.07 Å². The van der Waals surface area contributed by atoms with E-state index in [1.807, 2.05) is 6.08 Å². The van der Waals surface area contributed by atoms with Gasteiger partial charge in [-0.3, -0.25) is 0 Å². The van der Waals surface area contributed by atoms with E-state index >= 15 is 0 Å². The third kappa shape index (κ3) is 2.01. The first kappa shape index (κ1) is 11.5. The van der Waals surface area contributed by atoms with Crippen LogP contribution >= 0.6 is 0 Å². The predicted octanol–water partition coefficient (Wildman–Crippen LogP) is 3.61. The first-order valence-corrected chi connectivity index (χ1v) is 6.96. The molecule has 0 nitrogen and oxygen atoms in total. The smallest absolute Gasteiger partial charge is 0.134 e. The largest absolute Gasteiger partial charge is 0.146 e. The molecule has 0 aliphatic heterocycles. The fourth-order valence-electron chi connectivity index (χ4n) is 1.77. The molecule has 0 aromatic heterocycles. The van der Waals surface area contributed by atoms with Gasteiger partial charge in [0.2, 0.25) is 0 Å². The molecule has 0 aromatic rings. The highest BCUT2D eigenvalue weighted by Crippen LogP contribution is 2.35. The molecule has 0 saturated heterocycles. The molecule has 0 bridgehead atoms. The van der Waals surface area contributed by atoms with Crippen LogP contribution in [0.2, 0.25) is 17.1 Å². The Morgan fingerprint density at radius 2 is 1.75 bits per heavy atom. The predicted molar refractivity (Wildman–Crippen MR) is 59.8 cm³/mol. The molecule has 0 aliphatic carbocycles. The molecule has 0 fully saturated rings. The molecule has 1 heteroatoms. The van der Waals surface area contributed by atoms with E-state index in [4.69, 9.17) is 6.42 Å². The molecule has 68 valence electrons. The molecule has 0 radical (unpaired) electrons. The van der Waals surface area contributed by atoms with E-state index in [1.54, 1.807) is 0 Å². The van der Waals surface area contributed by atoms with Crippen molar-refractivity contribution in [3.8, 4) is 12.0 Å². The average Bonchev–Trinajstić information content (AvgIpc) is 1.98. The first-order chi connectivity index (χ1) is 5.51. The van der Waals surface area contributed by atoms with Gasteiger partial charge in [0.25, 0.3) is 0 Å². The molecule has 0 spiro atoms. The van der Waals surface area contributed by atoms with Crippen molar-refractivity contribution >= 4 is 8.07 Å². The van der Waals surface area contributed by atoms with E-state index in [0.717, 1.165) is 6.04 Å². The maximum absolute atomic E-state index is 5.66. The lowest BCUT2D eigenvalue weighted by atomic mass is 10.5. The Balaban J connectivity index is 4.78. The Bertz CT molecular complexity index is 176. The third-order valence-corrected chi connectivity index (χ3v) is 8.43. The van der Waals surface area contributed by atoms with Gasteiger partial charge in [0.1, 0.15) is 8.07 Å². The molecule has 0 N–H and O–H groups in total. The van der Waals surface area contributed by atoms with Crippen molar-refractivity contribution in [2.24, 2.45) is 0 Å². The highest BCUT2D eigenvalue weighted by molar-refractivity contribution is 6.89. The zero-order valence-electron chi connectivity index (χ0n) is 8.72. The number of hydrogen-bond donors (Lipinski definition) is 0. The lowest BCUT2D eigenvalue weighted by Crippen LogP contribution is -2.39. The zero-order valence-corrected chi connectivity index (χ0v) is 9.72. The summed E-state index contributed by atoms with van der Waals surface area (Å²) in [5.41, 5.74) is 4.39. The summed E-state index contributed by atoms with van der Waals surface area (Å²) in [6, 6.07) is 1.05. The molecule has 0 aromatic carbocycles. The normalized spacial score (nSPS) is 11.8. The maximum atomic E-state index is 5.66. The molecule has 0 rings (SSSR count). The van der Waals surface area contributed by atoms with Gasteiger partial charge < -0.3 is 0 Å². The van der Waals surface area contributed by atoms with Gasteiger partial charge in [-0.05, 0) is 17.1 Å². The van der Waals surface area contributed by atoms with Crippen LogP contribution in [0.25, 0.3) is 0 Å². The maximum Gasteiger partial charge on any atom is 0.146 e. The molecule has 0 saturated carbocycles. The fourth-order valence-corrected chi connectivity index (χ4v) is 5.31. The minimum absolute atomic E-state index is 0.653. The Kier molecular flexibility index (Phi) is 4.34. The van der Waals surface area contributed by atoms with Gasteiger partial charge in [-0.25, -0.2) is 0 Å². The number of rotatable bonds is 4. The van der Waals surface area contributed by atoms with Gasteiger partial charge in [-0.15, -0.1) is 18.5 Å². The molecular formula is C11H20Si. The number of hydrogen-bond acceptors (Lipinski definition) is 0. The van der Waals surface area contributed by atoms with Crippen molar-refractivity contribution in [3.63, 3.8) is 0 Å². The van der Waals surface area contributed by atoms with Gasteiger partial charge in [0.05, 0.1) is 0 Å². The number of terminal acetylenes is 1. The van der Waals surface area contributed by atoms with Crippen LogP contribution in [0.15, 0.2) is 12.7 Å². The second-order valence-corrected chi connectivity index (χ2v) is 9.07. The van der Waals surface area contributed by atoms with Crippen LogP contribution in [0, 0.1) is 12.0 Å². The van der Waals surface area contributed by atoms with E-state index in [0.29, 0.717) is 11.1 Å². The summed E-state index contributed by atoms with van der Waals surface area (Å²) < 4.78 is 0. The molecule has 0 heterocycles. The van der Waals surface area contributed by atoms with E-state index in [9.17, 15) is 0 Å². The Morgan fingerprint density at radius 3 is 1.83 bits per heavy atom. The quantitative estimate of drug-likeness (QED) is 0.352. The van der Waals surface area contributed by atoms with Crippen molar-refractivity contribution in [2.45, 2.75) is 44.8 Å². The Morgan fingerprint density at radius 1 is 1.33 bits per heavy atom. The monoisotopic (exact) mass is 180 g/mol. The summed E-state index contributed by atoms with van der Waals surface area (Å²) in [5, 5.41) is 0. The Hall–Kier alpha value is -0.483. The van der Waals surface area contributed by atoms with Crippen molar-refractivity contribution < 1.29 is 0 Å². The topological polar surface area (TPSA) is 0 Å². The van der Waals surface area contributed by atoms with Crippen LogP contribution in [0.4, 0.5) is 0 Å². The van der Waals surface area contributed by atoms with Gasteiger partial charge >= 0.3 is 0 Å². The standard InChI is InChI=1S/C11H20Si/c1-7-9-12(8-2,10(3)4)11(5)6/h2,7,10-11H,1,9H2,3-6H3. The van der Waals surface area contributed by atoms with Gasteiger partial charge in [-0.2, -0.15) is 0 Å². The van der Waals surface area contributed by atoms with E-state index in [1.165, 1.54) is 0 Å². The molecule has 0 aliphatic rings. The van der Waals surface area contributed by atoms with Crippen LogP contribution in [0.3, 0.4) is 0 Å². The molecule has 12 heavy (non-hydrogen) atoms. The SMILES string of the molecule is C#C[Si](CC=C)(C(C)C)C(C)C. The summed E-state index contributed by atoms with van der Waals surface area (Å²) in [5.74, 6) is 0. The second kappa shape index (κ2) is 4.52. The Labute approximate surface area is 78.1 Å². The van der Waals surface area contributed by atoms with E-state index in [-0.39, 0.29) is 0 Å². The van der Waals surface area contributed by atoms with Crippen LogP contribution in [-0.2, 0) is 0 Å². The highest BCUT2D eigenvalue weighted by atomic mass is 28.3. The van der Waals surface area contributed by atoms with Gasteiger partial charge in [-0.1, -0.05) is 33.8 Å². The van der Waals surface area contributed by atoms with Gasteiger partial charge in [0.15, 0.2) is 0 Å².